The quantitative estimate of drug-likeness (QED) is 0.182. The molecule has 1 N–H and O–H groups in total. The number of hydrogen-bond acceptors (Lipinski definition) is 7. The normalized spacial score (nSPS) is 16.4. The van der Waals surface area contributed by atoms with Crippen molar-refractivity contribution in [1.29, 1.82) is 0 Å². The zero-order valence-corrected chi connectivity index (χ0v) is 23.5. The van der Waals surface area contributed by atoms with Crippen LogP contribution in [0.3, 0.4) is 0 Å². The van der Waals surface area contributed by atoms with Crippen LogP contribution < -0.4 is 18.9 Å². The van der Waals surface area contributed by atoms with Crippen molar-refractivity contribution in [2.45, 2.75) is 46.4 Å². The highest BCUT2D eigenvalue weighted by Crippen LogP contribution is 2.43. The van der Waals surface area contributed by atoms with Gasteiger partial charge in [-0.15, -0.1) is 0 Å². The largest absolute Gasteiger partial charge is 0.507 e. The molecule has 1 heterocycles. The Labute approximate surface area is 234 Å². The van der Waals surface area contributed by atoms with Crippen molar-refractivity contribution in [2.75, 3.05) is 20.3 Å². The summed E-state index contributed by atoms with van der Waals surface area (Å²) in [7, 11) is 1.57. The lowest BCUT2D eigenvalue weighted by Crippen LogP contribution is -2.29. The smallest absolute Gasteiger partial charge is 0.295 e. The number of likely N-dealkylation sites (tertiary alicyclic amines) is 1. The van der Waals surface area contributed by atoms with Crippen LogP contribution in [0.2, 0.25) is 0 Å². The van der Waals surface area contributed by atoms with Gasteiger partial charge in [0, 0.05) is 12.6 Å². The van der Waals surface area contributed by atoms with E-state index in [1.54, 1.807) is 37.4 Å². The van der Waals surface area contributed by atoms with E-state index in [2.05, 4.69) is 0 Å². The van der Waals surface area contributed by atoms with Gasteiger partial charge in [0.1, 0.15) is 28.8 Å². The summed E-state index contributed by atoms with van der Waals surface area (Å²) in [5, 5.41) is 11.7. The first kappa shape index (κ1) is 28.5. The highest BCUT2D eigenvalue weighted by Gasteiger charge is 2.46. The van der Waals surface area contributed by atoms with E-state index in [-0.39, 0.29) is 24.0 Å². The van der Waals surface area contributed by atoms with Gasteiger partial charge in [-0.05, 0) is 75.2 Å². The molecule has 1 saturated heterocycles. The standard InChI is InChI=1S/C32H35NO7/c1-6-38-24-14-15-26(27(18-24)39-7-2)30(34)28-29(22-11-9-13-25(17-22)40-20(3)4)33(32(36)31(28)35)19-21-10-8-12-23(16-21)37-5/h8-18,20,29,34H,6-7,19H2,1-5H3/b30-28+. The number of Topliss-reactive ketones (excluding diaryl/α,β-unsaturated/α-hetero) is 1. The third-order valence-electron chi connectivity index (χ3n) is 6.39. The van der Waals surface area contributed by atoms with Gasteiger partial charge in [0.05, 0.1) is 43.6 Å². The number of benzene rings is 3. The predicted molar refractivity (Wildman–Crippen MR) is 152 cm³/mol. The van der Waals surface area contributed by atoms with Gasteiger partial charge >= 0.3 is 0 Å². The molecular formula is C32H35NO7. The minimum atomic E-state index is -0.872. The predicted octanol–water partition coefficient (Wildman–Crippen LogP) is 5.90. The lowest BCUT2D eigenvalue weighted by atomic mass is 9.94. The molecule has 0 bridgehead atoms. The molecule has 0 aromatic heterocycles. The molecule has 0 aliphatic carbocycles. The summed E-state index contributed by atoms with van der Waals surface area (Å²) < 4.78 is 22.7. The number of rotatable bonds is 11. The van der Waals surface area contributed by atoms with Gasteiger partial charge in [-0.25, -0.2) is 0 Å². The van der Waals surface area contributed by atoms with Crippen molar-refractivity contribution in [3.8, 4) is 23.0 Å². The van der Waals surface area contributed by atoms with Crippen LogP contribution in [-0.2, 0) is 16.1 Å². The van der Waals surface area contributed by atoms with Gasteiger partial charge in [0.25, 0.3) is 11.7 Å². The molecule has 8 nitrogen and oxygen atoms in total. The summed E-state index contributed by atoms with van der Waals surface area (Å²) >= 11 is 0. The molecule has 3 aromatic carbocycles. The lowest BCUT2D eigenvalue weighted by molar-refractivity contribution is -0.140. The van der Waals surface area contributed by atoms with Crippen LogP contribution in [0, 0.1) is 0 Å². The Bertz CT molecular complexity index is 1410. The van der Waals surface area contributed by atoms with Gasteiger partial charge in [-0.2, -0.15) is 0 Å². The average molecular weight is 546 g/mol. The summed E-state index contributed by atoms with van der Waals surface area (Å²) in [6, 6.07) is 18.7. The molecule has 1 fully saturated rings. The van der Waals surface area contributed by atoms with Crippen LogP contribution in [0.25, 0.3) is 5.76 Å². The number of ether oxygens (including phenoxy) is 4. The second kappa shape index (κ2) is 12.6. The Morgan fingerprint density at radius 3 is 2.33 bits per heavy atom. The van der Waals surface area contributed by atoms with Crippen molar-refractivity contribution in [3.63, 3.8) is 0 Å². The molecule has 1 unspecified atom stereocenters. The first-order chi connectivity index (χ1) is 19.3. The summed E-state index contributed by atoms with van der Waals surface area (Å²) in [4.78, 5) is 28.6. The number of carbonyl (C=O) groups is 2. The van der Waals surface area contributed by atoms with Gasteiger partial charge in [-0.1, -0.05) is 24.3 Å². The number of amides is 1. The Kier molecular flexibility index (Phi) is 8.99. The molecule has 1 atom stereocenters. The summed E-state index contributed by atoms with van der Waals surface area (Å²) in [5.41, 5.74) is 1.67. The van der Waals surface area contributed by atoms with E-state index in [4.69, 9.17) is 18.9 Å². The fourth-order valence-electron chi connectivity index (χ4n) is 4.76. The number of hydrogen-bond donors (Lipinski definition) is 1. The van der Waals surface area contributed by atoms with E-state index in [1.165, 1.54) is 4.90 Å². The van der Waals surface area contributed by atoms with Crippen molar-refractivity contribution in [2.24, 2.45) is 0 Å². The number of carbonyl (C=O) groups excluding carboxylic acids is 2. The van der Waals surface area contributed by atoms with Gasteiger partial charge in [-0.3, -0.25) is 9.59 Å². The minimum Gasteiger partial charge on any atom is -0.507 e. The van der Waals surface area contributed by atoms with Crippen molar-refractivity contribution in [1.82, 2.24) is 4.90 Å². The first-order valence-corrected chi connectivity index (χ1v) is 13.3. The van der Waals surface area contributed by atoms with Crippen LogP contribution in [0.1, 0.15) is 50.4 Å². The monoisotopic (exact) mass is 545 g/mol. The number of nitrogens with zero attached hydrogens (tertiary/aromatic N) is 1. The fraction of sp³-hybridized carbons (Fsp3) is 0.312. The second-order valence-electron chi connectivity index (χ2n) is 9.54. The Balaban J connectivity index is 1.89. The molecule has 0 spiro atoms. The van der Waals surface area contributed by atoms with Gasteiger partial charge < -0.3 is 29.0 Å². The number of aliphatic hydroxyl groups is 1. The topological polar surface area (TPSA) is 94.5 Å². The van der Waals surface area contributed by atoms with Crippen molar-refractivity contribution < 1.29 is 33.6 Å². The van der Waals surface area contributed by atoms with E-state index >= 15 is 0 Å². The summed E-state index contributed by atoms with van der Waals surface area (Å²) in [6.45, 7) is 8.45. The van der Waals surface area contributed by atoms with Crippen molar-refractivity contribution >= 4 is 17.4 Å². The van der Waals surface area contributed by atoms with Crippen LogP contribution in [-0.4, -0.2) is 48.1 Å². The zero-order valence-electron chi connectivity index (χ0n) is 23.5. The average Bonchev–Trinajstić information content (AvgIpc) is 3.18. The molecule has 40 heavy (non-hydrogen) atoms. The SMILES string of the molecule is CCOc1ccc(/C(O)=C2\C(=O)C(=O)N(Cc3cccc(OC)c3)C2c2cccc(OC(C)C)c2)c(OCC)c1. The Morgan fingerprint density at radius 2 is 1.62 bits per heavy atom. The van der Waals surface area contributed by atoms with Gasteiger partial charge in [0.2, 0.25) is 0 Å². The van der Waals surface area contributed by atoms with E-state index < -0.39 is 17.7 Å². The van der Waals surface area contributed by atoms with Crippen molar-refractivity contribution in [3.05, 3.63) is 89.0 Å². The van der Waals surface area contributed by atoms with E-state index in [0.717, 1.165) is 5.56 Å². The molecule has 0 saturated carbocycles. The summed E-state index contributed by atoms with van der Waals surface area (Å²) in [6.07, 6.45) is -0.0731. The zero-order chi connectivity index (χ0) is 28.8. The fourth-order valence-corrected chi connectivity index (χ4v) is 4.76. The van der Waals surface area contributed by atoms with E-state index in [9.17, 15) is 14.7 Å². The molecule has 1 aliphatic rings. The third kappa shape index (κ3) is 6.06. The maximum absolute atomic E-state index is 13.6. The summed E-state index contributed by atoms with van der Waals surface area (Å²) in [5.74, 6) is 0.324. The maximum Gasteiger partial charge on any atom is 0.295 e. The van der Waals surface area contributed by atoms with Gasteiger partial charge in [0.15, 0.2) is 0 Å². The van der Waals surface area contributed by atoms with Crippen LogP contribution in [0.4, 0.5) is 0 Å². The lowest BCUT2D eigenvalue weighted by Gasteiger charge is -2.26. The number of aliphatic hydroxyl groups excluding tert-OH is 1. The molecule has 210 valence electrons. The molecule has 0 radical (unpaired) electrons. The second-order valence-corrected chi connectivity index (χ2v) is 9.54. The van der Waals surface area contributed by atoms with Crippen LogP contribution in [0.5, 0.6) is 23.0 Å². The minimum absolute atomic E-state index is 0.0280. The first-order valence-electron chi connectivity index (χ1n) is 13.3. The molecule has 8 heteroatoms. The highest BCUT2D eigenvalue weighted by atomic mass is 16.5. The molecule has 4 rings (SSSR count). The Hall–Kier alpha value is -4.46. The van der Waals surface area contributed by atoms with E-state index in [0.29, 0.717) is 47.3 Å². The van der Waals surface area contributed by atoms with Crippen LogP contribution in [0.15, 0.2) is 72.3 Å². The molecular weight excluding hydrogens is 510 g/mol. The van der Waals surface area contributed by atoms with E-state index in [1.807, 2.05) is 64.1 Å². The number of ketones is 1. The molecule has 1 amide bonds. The maximum atomic E-state index is 13.6. The molecule has 1 aliphatic heterocycles. The highest BCUT2D eigenvalue weighted by molar-refractivity contribution is 6.46. The van der Waals surface area contributed by atoms with Crippen LogP contribution >= 0.6 is 0 Å². The number of methoxy groups -OCH3 is 1. The Morgan fingerprint density at radius 1 is 0.900 bits per heavy atom. The molecule has 3 aromatic rings. The third-order valence-corrected chi connectivity index (χ3v) is 6.39.